The van der Waals surface area contributed by atoms with Crippen molar-refractivity contribution in [1.82, 2.24) is 0 Å². The molecule has 0 aromatic rings. The highest BCUT2D eigenvalue weighted by atomic mass is 31.2. The van der Waals surface area contributed by atoms with Gasteiger partial charge in [-0.05, 0) is 44.9 Å². The van der Waals surface area contributed by atoms with Crippen molar-refractivity contribution in [3.8, 4) is 0 Å². The number of ether oxygens (including phenoxy) is 2. The average Bonchev–Trinajstić information content (AvgIpc) is 3.21. The van der Waals surface area contributed by atoms with E-state index in [9.17, 15) is 39.8 Å². The largest absolute Gasteiger partial charge is 0.472 e. The number of aliphatic hydroxyl groups excluding tert-OH is 5. The number of allylic oxidation sites excluding steroid dienone is 6. The molecule has 0 saturated heterocycles. The summed E-state index contributed by atoms with van der Waals surface area (Å²) < 4.78 is 34.2. The third-order valence-electron chi connectivity index (χ3n) is 10.5. The number of esters is 1. The van der Waals surface area contributed by atoms with E-state index >= 15 is 0 Å². The summed E-state index contributed by atoms with van der Waals surface area (Å²) in [4.78, 5) is 23.1. The third-order valence-corrected chi connectivity index (χ3v) is 11.5. The molecule has 0 bridgehead atoms. The van der Waals surface area contributed by atoms with Crippen molar-refractivity contribution in [2.24, 2.45) is 0 Å². The van der Waals surface area contributed by atoms with Crippen LogP contribution in [0.1, 0.15) is 181 Å². The Balaban J connectivity index is 2.41. The van der Waals surface area contributed by atoms with E-state index in [1.165, 1.54) is 83.5 Å². The Bertz CT molecular complexity index is 1100. The van der Waals surface area contributed by atoms with Crippen LogP contribution in [0.4, 0.5) is 0 Å². The van der Waals surface area contributed by atoms with E-state index in [2.05, 4.69) is 50.3 Å². The Morgan fingerprint density at radius 1 is 0.569 bits per heavy atom. The second-order valence-corrected chi connectivity index (χ2v) is 17.3. The van der Waals surface area contributed by atoms with Crippen LogP contribution in [-0.4, -0.2) is 98.9 Å². The van der Waals surface area contributed by atoms with Gasteiger partial charge in [0.05, 0.1) is 13.2 Å². The van der Waals surface area contributed by atoms with Gasteiger partial charge in [0.25, 0.3) is 0 Å². The van der Waals surface area contributed by atoms with Gasteiger partial charge in [0, 0.05) is 13.0 Å². The number of hydrogen-bond acceptors (Lipinski definition) is 11. The van der Waals surface area contributed by atoms with Crippen molar-refractivity contribution in [2.75, 3.05) is 19.8 Å². The molecule has 0 radical (unpaired) electrons. The highest BCUT2D eigenvalue weighted by molar-refractivity contribution is 7.47. The zero-order valence-corrected chi connectivity index (χ0v) is 37.0. The Morgan fingerprint density at radius 3 is 1.55 bits per heavy atom. The average molecular weight is 847 g/mol. The van der Waals surface area contributed by atoms with Crippen molar-refractivity contribution < 1.29 is 58.3 Å². The molecule has 12 nitrogen and oxygen atoms in total. The molecule has 0 spiro atoms. The van der Waals surface area contributed by atoms with Crippen LogP contribution in [0.25, 0.3) is 0 Å². The van der Waals surface area contributed by atoms with Crippen LogP contribution in [0, 0.1) is 0 Å². The van der Waals surface area contributed by atoms with Gasteiger partial charge in [-0.3, -0.25) is 13.8 Å². The number of carbonyl (C=O) groups excluding carboxylic acids is 1. The summed E-state index contributed by atoms with van der Waals surface area (Å²) in [6.07, 6.45) is 29.3. The number of unbranched alkanes of at least 4 members (excludes halogenated alkanes) is 20. The first-order chi connectivity index (χ1) is 28.0. The van der Waals surface area contributed by atoms with Gasteiger partial charge in [0.1, 0.15) is 42.7 Å². The molecular weight excluding hydrogens is 763 g/mol. The summed E-state index contributed by atoms with van der Waals surface area (Å²) in [5, 5.41) is 50.1. The molecule has 0 heterocycles. The highest BCUT2D eigenvalue weighted by Gasteiger charge is 2.51. The Labute approximate surface area is 351 Å². The molecule has 6 unspecified atom stereocenters. The fourth-order valence-corrected chi connectivity index (χ4v) is 7.87. The zero-order chi connectivity index (χ0) is 42.7. The van der Waals surface area contributed by atoms with Crippen LogP contribution < -0.4 is 0 Å². The second-order valence-electron chi connectivity index (χ2n) is 15.9. The minimum absolute atomic E-state index is 0.0814. The maximum absolute atomic E-state index is 12.8. The molecule has 0 amide bonds. The first kappa shape index (κ1) is 54.6. The minimum atomic E-state index is -5.02. The molecule has 0 aromatic carbocycles. The van der Waals surface area contributed by atoms with E-state index in [0.717, 1.165) is 70.6 Å². The number of rotatable bonds is 38. The molecule has 1 aliphatic carbocycles. The van der Waals surface area contributed by atoms with E-state index < -0.39 is 63.1 Å². The molecule has 1 rings (SSSR count). The van der Waals surface area contributed by atoms with Crippen molar-refractivity contribution in [3.05, 3.63) is 36.5 Å². The normalized spacial score (nSPS) is 23.0. The predicted molar refractivity (Wildman–Crippen MR) is 230 cm³/mol. The van der Waals surface area contributed by atoms with Crippen LogP contribution in [0.5, 0.6) is 0 Å². The summed E-state index contributed by atoms with van der Waals surface area (Å²) >= 11 is 0. The van der Waals surface area contributed by atoms with Gasteiger partial charge in [-0.1, -0.05) is 166 Å². The molecule has 1 fully saturated rings. The van der Waals surface area contributed by atoms with Crippen molar-refractivity contribution in [2.45, 2.75) is 224 Å². The summed E-state index contributed by atoms with van der Waals surface area (Å²) in [7, 11) is -5.02. The number of aliphatic hydroxyl groups is 5. The van der Waals surface area contributed by atoms with Gasteiger partial charge < -0.3 is 39.9 Å². The molecule has 340 valence electrons. The van der Waals surface area contributed by atoms with Gasteiger partial charge in [0.2, 0.25) is 0 Å². The summed E-state index contributed by atoms with van der Waals surface area (Å²) in [6, 6.07) is 0. The molecule has 0 aliphatic heterocycles. The lowest BCUT2D eigenvalue weighted by atomic mass is 9.85. The standard InChI is InChI=1S/C45H83O12P/c1-3-5-7-9-11-13-15-17-19-21-23-25-27-29-31-33-35-54-36-38(37-55-58(52,53)57-45-43(50)41(48)40(47)42(49)44(45)51)56-39(46)34-32-30-28-26-24-22-20-18-16-14-12-10-8-6-4-2/h6,8,12,14,18,20,38,40-45,47-51H,3-5,7,9-11,13,15-17,19,21-37H2,1-2H3,(H,52,53)/b8-6-,14-12-,20-18-/t38-,40?,41-,42?,43?,44?,45?/m1/s1. The molecule has 8 atom stereocenters. The fraction of sp³-hybridized carbons (Fsp3) is 0.844. The summed E-state index contributed by atoms with van der Waals surface area (Å²) in [5.41, 5.74) is 0. The van der Waals surface area contributed by atoms with Gasteiger partial charge in [-0.2, -0.15) is 0 Å². The maximum atomic E-state index is 12.8. The van der Waals surface area contributed by atoms with Crippen molar-refractivity contribution in [1.29, 1.82) is 0 Å². The first-order valence-electron chi connectivity index (χ1n) is 22.8. The minimum Gasteiger partial charge on any atom is -0.457 e. The van der Waals surface area contributed by atoms with Crippen LogP contribution in [0.3, 0.4) is 0 Å². The van der Waals surface area contributed by atoms with Crippen molar-refractivity contribution in [3.63, 3.8) is 0 Å². The maximum Gasteiger partial charge on any atom is 0.472 e. The highest BCUT2D eigenvalue weighted by Crippen LogP contribution is 2.47. The smallest absolute Gasteiger partial charge is 0.457 e. The van der Waals surface area contributed by atoms with Crippen LogP contribution in [0.2, 0.25) is 0 Å². The summed E-state index contributed by atoms with van der Waals surface area (Å²) in [5.74, 6) is -0.493. The summed E-state index contributed by atoms with van der Waals surface area (Å²) in [6.45, 7) is 4.14. The Hall–Kier alpha value is -1.44. The van der Waals surface area contributed by atoms with Gasteiger partial charge in [-0.25, -0.2) is 4.57 Å². The van der Waals surface area contributed by atoms with Crippen LogP contribution >= 0.6 is 7.82 Å². The number of hydrogen-bond donors (Lipinski definition) is 6. The van der Waals surface area contributed by atoms with E-state index in [4.69, 9.17) is 18.5 Å². The van der Waals surface area contributed by atoms with E-state index in [0.29, 0.717) is 13.0 Å². The van der Waals surface area contributed by atoms with Gasteiger partial charge in [0.15, 0.2) is 0 Å². The zero-order valence-electron chi connectivity index (χ0n) is 36.1. The number of phosphoric acid groups is 1. The van der Waals surface area contributed by atoms with Crippen molar-refractivity contribution >= 4 is 13.8 Å². The fourth-order valence-electron chi connectivity index (χ4n) is 6.90. The Morgan fingerprint density at radius 2 is 1.02 bits per heavy atom. The molecule has 6 N–H and O–H groups in total. The topological polar surface area (TPSA) is 192 Å². The van der Waals surface area contributed by atoms with E-state index in [-0.39, 0.29) is 13.0 Å². The monoisotopic (exact) mass is 847 g/mol. The quantitative estimate of drug-likeness (QED) is 0.0150. The third kappa shape index (κ3) is 28.2. The van der Waals surface area contributed by atoms with E-state index in [1.807, 2.05) is 0 Å². The van der Waals surface area contributed by atoms with Gasteiger partial charge >= 0.3 is 13.8 Å². The number of phosphoric ester groups is 1. The lowest BCUT2D eigenvalue weighted by molar-refractivity contribution is -0.220. The first-order valence-corrected chi connectivity index (χ1v) is 24.3. The molecule has 1 saturated carbocycles. The van der Waals surface area contributed by atoms with Crippen LogP contribution in [-0.2, 0) is 27.9 Å². The van der Waals surface area contributed by atoms with E-state index in [1.54, 1.807) is 0 Å². The SMILES string of the molecule is CC/C=C\C/C=C\C/C=C\CCCCCCCC(=O)O[C@H](COCCCCCCCCCCCCCCCCCC)COP(=O)(O)OC1C(O)C(O)C(O)[C@@H](O)C1O. The molecule has 13 heteroatoms. The molecule has 58 heavy (non-hydrogen) atoms. The predicted octanol–water partition coefficient (Wildman–Crippen LogP) is 9.09. The second kappa shape index (κ2) is 36.2. The molecular formula is C45H83O12P. The van der Waals surface area contributed by atoms with Crippen LogP contribution in [0.15, 0.2) is 36.5 Å². The lowest BCUT2D eigenvalue weighted by Gasteiger charge is -2.41. The lowest BCUT2D eigenvalue weighted by Crippen LogP contribution is -2.64. The molecule has 0 aromatic heterocycles. The van der Waals surface area contributed by atoms with Gasteiger partial charge in [-0.15, -0.1) is 0 Å². The molecule has 1 aliphatic rings. The number of carbonyl (C=O) groups is 1. The Kier molecular flexibility index (Phi) is 34.1.